The Morgan fingerprint density at radius 1 is 1.19 bits per heavy atom. The number of aliphatic imine (C=N–C) groups is 1. The largest absolute Gasteiger partial charge is 0.356 e. The van der Waals surface area contributed by atoms with Crippen molar-refractivity contribution >= 4 is 41.7 Å². The maximum atomic E-state index is 4.73. The molecule has 0 aliphatic rings. The van der Waals surface area contributed by atoms with Gasteiger partial charge >= 0.3 is 0 Å². The van der Waals surface area contributed by atoms with Crippen molar-refractivity contribution in [3.05, 3.63) is 47.5 Å². The lowest BCUT2D eigenvalue weighted by atomic mass is 10.1. The van der Waals surface area contributed by atoms with Crippen LogP contribution in [0.25, 0.3) is 0 Å². The van der Waals surface area contributed by atoms with Gasteiger partial charge in [-0.3, -0.25) is 0 Å². The average Bonchev–Trinajstić information content (AvgIpc) is 3.11. The molecule has 0 aliphatic carbocycles. The highest BCUT2D eigenvalue weighted by molar-refractivity contribution is 14.0. The maximum absolute atomic E-state index is 4.73. The molecule has 2 rings (SSSR count). The number of nitrogens with zero attached hydrogens (tertiary/aromatic N) is 4. The first-order valence-corrected chi connectivity index (χ1v) is 10.6. The van der Waals surface area contributed by atoms with Crippen molar-refractivity contribution in [1.29, 1.82) is 0 Å². The Bertz CT molecular complexity index is 671. The van der Waals surface area contributed by atoms with Crippen LogP contribution in [0.4, 0.5) is 0 Å². The summed E-state index contributed by atoms with van der Waals surface area (Å²) in [5.74, 6) is 3.02. The van der Waals surface area contributed by atoms with E-state index in [9.17, 15) is 0 Å². The fraction of sp³-hybridized carbons (Fsp3) is 0.526. The van der Waals surface area contributed by atoms with Crippen LogP contribution in [0.5, 0.6) is 0 Å². The van der Waals surface area contributed by atoms with Gasteiger partial charge in [-0.15, -0.1) is 34.2 Å². The SMILES string of the molecule is CCc1nncn1CCNC(=NCc1ccc(C)cc1)NCCCSC.I. The van der Waals surface area contributed by atoms with Crippen LogP contribution in [-0.4, -0.2) is 45.8 Å². The van der Waals surface area contributed by atoms with Gasteiger partial charge in [0.15, 0.2) is 5.96 Å². The van der Waals surface area contributed by atoms with Crippen LogP contribution in [0.2, 0.25) is 0 Å². The molecule has 2 N–H and O–H groups in total. The first-order valence-electron chi connectivity index (χ1n) is 9.16. The highest BCUT2D eigenvalue weighted by Crippen LogP contribution is 2.04. The number of rotatable bonds is 10. The third-order valence-electron chi connectivity index (χ3n) is 4.02. The quantitative estimate of drug-likeness (QED) is 0.226. The van der Waals surface area contributed by atoms with Gasteiger partial charge in [-0.05, 0) is 30.9 Å². The van der Waals surface area contributed by atoms with Crippen molar-refractivity contribution in [1.82, 2.24) is 25.4 Å². The first-order chi connectivity index (χ1) is 12.7. The number of thioether (sulfide) groups is 1. The molecule has 8 heteroatoms. The van der Waals surface area contributed by atoms with Crippen LogP contribution in [0, 0.1) is 6.92 Å². The molecule has 6 nitrogen and oxygen atoms in total. The van der Waals surface area contributed by atoms with E-state index in [4.69, 9.17) is 4.99 Å². The van der Waals surface area contributed by atoms with E-state index in [0.29, 0.717) is 6.54 Å². The Morgan fingerprint density at radius 3 is 2.63 bits per heavy atom. The number of halogens is 1. The summed E-state index contributed by atoms with van der Waals surface area (Å²) in [5, 5.41) is 15.0. The number of benzene rings is 1. The molecule has 0 fully saturated rings. The molecule has 0 saturated carbocycles. The Balaban J connectivity index is 0.00000364. The van der Waals surface area contributed by atoms with Gasteiger partial charge in [0.25, 0.3) is 0 Å². The molecular weight excluding hydrogens is 471 g/mol. The van der Waals surface area contributed by atoms with Crippen LogP contribution in [0.15, 0.2) is 35.6 Å². The summed E-state index contributed by atoms with van der Waals surface area (Å²) in [5.41, 5.74) is 2.49. The van der Waals surface area contributed by atoms with E-state index in [0.717, 1.165) is 50.0 Å². The highest BCUT2D eigenvalue weighted by atomic mass is 127. The molecule has 0 bridgehead atoms. The van der Waals surface area contributed by atoms with Crippen molar-refractivity contribution in [2.75, 3.05) is 25.1 Å². The maximum Gasteiger partial charge on any atom is 0.191 e. The van der Waals surface area contributed by atoms with Gasteiger partial charge in [-0.2, -0.15) is 11.8 Å². The third-order valence-corrected chi connectivity index (χ3v) is 4.71. The number of hydrogen-bond acceptors (Lipinski definition) is 4. The molecular formula is C19H31IN6S. The first kappa shape index (κ1) is 23.7. The summed E-state index contributed by atoms with van der Waals surface area (Å²) in [4.78, 5) is 4.73. The Kier molecular flexibility index (Phi) is 12.2. The molecule has 1 aromatic carbocycles. The van der Waals surface area contributed by atoms with Crippen LogP contribution in [-0.2, 0) is 19.5 Å². The lowest BCUT2D eigenvalue weighted by Crippen LogP contribution is -2.39. The smallest absolute Gasteiger partial charge is 0.191 e. The molecule has 0 aliphatic heterocycles. The summed E-state index contributed by atoms with van der Waals surface area (Å²) in [6, 6.07) is 8.52. The fourth-order valence-corrected chi connectivity index (χ4v) is 2.93. The van der Waals surface area contributed by atoms with Crippen LogP contribution in [0.3, 0.4) is 0 Å². The van der Waals surface area contributed by atoms with E-state index in [2.05, 4.69) is 69.8 Å². The van der Waals surface area contributed by atoms with Crippen molar-refractivity contribution in [3.63, 3.8) is 0 Å². The fourth-order valence-electron chi connectivity index (χ4n) is 2.50. The summed E-state index contributed by atoms with van der Waals surface area (Å²) in [6.07, 6.45) is 5.93. The third kappa shape index (κ3) is 8.96. The van der Waals surface area contributed by atoms with Gasteiger partial charge in [-0.1, -0.05) is 36.8 Å². The molecule has 1 aromatic heterocycles. The Hall–Kier alpha value is -1.29. The molecule has 0 spiro atoms. The van der Waals surface area contributed by atoms with Crippen molar-refractivity contribution < 1.29 is 0 Å². The summed E-state index contributed by atoms with van der Waals surface area (Å²) in [7, 11) is 0. The minimum absolute atomic E-state index is 0. The lowest BCUT2D eigenvalue weighted by Gasteiger charge is -2.13. The van der Waals surface area contributed by atoms with Crippen molar-refractivity contribution in [2.24, 2.45) is 4.99 Å². The van der Waals surface area contributed by atoms with Crippen LogP contribution in [0.1, 0.15) is 30.3 Å². The summed E-state index contributed by atoms with van der Waals surface area (Å²) < 4.78 is 2.08. The second-order valence-corrected chi connectivity index (χ2v) is 7.13. The topological polar surface area (TPSA) is 67.1 Å². The number of guanidine groups is 1. The molecule has 0 amide bonds. The van der Waals surface area contributed by atoms with Gasteiger partial charge < -0.3 is 15.2 Å². The molecule has 0 unspecified atom stereocenters. The van der Waals surface area contributed by atoms with Crippen LogP contribution < -0.4 is 10.6 Å². The minimum atomic E-state index is 0. The van der Waals surface area contributed by atoms with E-state index in [1.807, 2.05) is 11.8 Å². The predicted octanol–water partition coefficient (Wildman–Crippen LogP) is 3.26. The minimum Gasteiger partial charge on any atom is -0.356 e. The summed E-state index contributed by atoms with van der Waals surface area (Å²) >= 11 is 1.87. The Labute approximate surface area is 184 Å². The van der Waals surface area contributed by atoms with Gasteiger partial charge in [0.2, 0.25) is 0 Å². The van der Waals surface area contributed by atoms with Gasteiger partial charge in [0.1, 0.15) is 12.2 Å². The van der Waals surface area contributed by atoms with E-state index in [1.165, 1.54) is 11.1 Å². The second kappa shape index (κ2) is 13.8. The normalized spacial score (nSPS) is 11.1. The van der Waals surface area contributed by atoms with Crippen molar-refractivity contribution in [3.8, 4) is 0 Å². The van der Waals surface area contributed by atoms with Gasteiger partial charge in [0.05, 0.1) is 6.54 Å². The van der Waals surface area contributed by atoms with E-state index >= 15 is 0 Å². The summed E-state index contributed by atoms with van der Waals surface area (Å²) in [6.45, 7) is 7.40. The van der Waals surface area contributed by atoms with Crippen molar-refractivity contribution in [2.45, 2.75) is 39.8 Å². The zero-order valence-corrected chi connectivity index (χ0v) is 19.6. The zero-order chi connectivity index (χ0) is 18.6. The number of aryl methyl sites for hydroxylation is 2. The van der Waals surface area contributed by atoms with E-state index in [1.54, 1.807) is 6.33 Å². The van der Waals surface area contributed by atoms with Gasteiger partial charge in [0, 0.05) is 26.1 Å². The lowest BCUT2D eigenvalue weighted by molar-refractivity contribution is 0.631. The molecule has 27 heavy (non-hydrogen) atoms. The monoisotopic (exact) mass is 502 g/mol. The number of nitrogens with one attached hydrogen (secondary N) is 2. The second-order valence-electron chi connectivity index (χ2n) is 6.14. The average molecular weight is 502 g/mol. The van der Waals surface area contributed by atoms with E-state index < -0.39 is 0 Å². The molecule has 1 heterocycles. The van der Waals surface area contributed by atoms with Gasteiger partial charge in [-0.25, -0.2) is 4.99 Å². The molecule has 0 atom stereocenters. The predicted molar refractivity (Wildman–Crippen MR) is 126 cm³/mol. The molecule has 2 aromatic rings. The number of aromatic nitrogens is 3. The standard InChI is InChI=1S/C19H30N6S.HI/c1-4-18-24-23-15-25(18)12-11-21-19(20-10-5-13-26-3)22-14-17-8-6-16(2)7-9-17;/h6-9,15H,4-5,10-14H2,1-3H3,(H2,20,21,22);1H. The molecule has 0 radical (unpaired) electrons. The van der Waals surface area contributed by atoms with E-state index in [-0.39, 0.29) is 24.0 Å². The number of hydrogen-bond donors (Lipinski definition) is 2. The Morgan fingerprint density at radius 2 is 1.93 bits per heavy atom. The molecule has 150 valence electrons. The zero-order valence-electron chi connectivity index (χ0n) is 16.4. The van der Waals surface area contributed by atoms with Crippen LogP contribution >= 0.6 is 35.7 Å². The highest BCUT2D eigenvalue weighted by Gasteiger charge is 2.03. The molecule has 0 saturated heterocycles.